The van der Waals surface area contributed by atoms with Crippen molar-refractivity contribution < 1.29 is 4.79 Å². The lowest BCUT2D eigenvalue weighted by Crippen LogP contribution is -2.41. The summed E-state index contributed by atoms with van der Waals surface area (Å²) in [4.78, 5) is 24.4. The van der Waals surface area contributed by atoms with Crippen LogP contribution >= 0.6 is 23.2 Å². The van der Waals surface area contributed by atoms with Crippen molar-refractivity contribution in [3.8, 4) is 0 Å². The van der Waals surface area contributed by atoms with Crippen LogP contribution in [0, 0.1) is 12.8 Å². The number of aryl methyl sites for hydroxylation is 1. The van der Waals surface area contributed by atoms with E-state index < -0.39 is 4.84 Å². The number of amides is 1. The summed E-state index contributed by atoms with van der Waals surface area (Å²) in [5.41, 5.74) is 2.11. The minimum atomic E-state index is -1.01. The second kappa shape index (κ2) is 6.81. The van der Waals surface area contributed by atoms with E-state index in [-0.39, 0.29) is 5.91 Å². The number of rotatable bonds is 2. The van der Waals surface area contributed by atoms with Crippen molar-refractivity contribution in [3.63, 3.8) is 0 Å². The van der Waals surface area contributed by atoms with Crippen molar-refractivity contribution in [2.24, 2.45) is 5.92 Å². The Morgan fingerprint density at radius 2 is 1.91 bits per heavy atom. The van der Waals surface area contributed by atoms with Crippen molar-refractivity contribution >= 4 is 34.9 Å². The van der Waals surface area contributed by atoms with Crippen LogP contribution in [0.1, 0.15) is 36.8 Å². The third-order valence-corrected chi connectivity index (χ3v) is 5.11. The highest BCUT2D eigenvalue weighted by atomic mass is 35.5. The smallest absolute Gasteiger partial charge is 0.256 e. The monoisotopic (exact) mass is 356 g/mol. The number of hydrogen-bond donors (Lipinski definition) is 0. The number of nitrogens with zero attached hydrogens (tertiary/aromatic N) is 4. The SMILES string of the molecule is Cc1nc2c(c(N3CCC(C)CC3)n1)CN(C(=O)C(Cl)Cl)CC2. The number of alkyl halides is 2. The van der Waals surface area contributed by atoms with Gasteiger partial charge in [-0.2, -0.15) is 0 Å². The Labute approximate surface area is 147 Å². The summed E-state index contributed by atoms with van der Waals surface area (Å²) in [5.74, 6) is 2.30. The Hall–Kier alpha value is -1.07. The standard InChI is InChI=1S/C16H22Cl2N4O/c1-10-3-6-21(7-4-10)15-12-9-22(16(23)14(17)18)8-5-13(12)19-11(2)20-15/h10,14H,3-9H2,1-2H3. The first-order valence-electron chi connectivity index (χ1n) is 8.14. The number of anilines is 1. The van der Waals surface area contributed by atoms with Gasteiger partial charge in [0.1, 0.15) is 11.6 Å². The first kappa shape index (κ1) is 16.8. The minimum absolute atomic E-state index is 0.238. The van der Waals surface area contributed by atoms with Gasteiger partial charge in [-0.1, -0.05) is 30.1 Å². The second-order valence-corrected chi connectivity index (χ2v) is 7.60. The molecule has 0 radical (unpaired) electrons. The zero-order valence-corrected chi connectivity index (χ0v) is 15.1. The molecule has 5 nitrogen and oxygen atoms in total. The maximum Gasteiger partial charge on any atom is 0.256 e. The second-order valence-electron chi connectivity index (χ2n) is 6.50. The Kier molecular flexibility index (Phi) is 4.97. The molecule has 0 unspecified atom stereocenters. The van der Waals surface area contributed by atoms with E-state index in [1.807, 2.05) is 6.92 Å². The van der Waals surface area contributed by atoms with E-state index >= 15 is 0 Å². The molecule has 126 valence electrons. The molecule has 0 aliphatic carbocycles. The molecule has 2 aliphatic rings. The van der Waals surface area contributed by atoms with E-state index in [0.717, 1.165) is 48.3 Å². The van der Waals surface area contributed by atoms with Gasteiger partial charge in [0.05, 0.1) is 12.2 Å². The Bertz CT molecular complexity index is 600. The van der Waals surface area contributed by atoms with Gasteiger partial charge in [0.25, 0.3) is 5.91 Å². The number of piperidine rings is 1. The van der Waals surface area contributed by atoms with Gasteiger partial charge in [-0.15, -0.1) is 0 Å². The number of fused-ring (bicyclic) bond motifs is 1. The van der Waals surface area contributed by atoms with Crippen LogP contribution in [0.4, 0.5) is 5.82 Å². The molecule has 2 aliphatic heterocycles. The van der Waals surface area contributed by atoms with Gasteiger partial charge >= 0.3 is 0 Å². The summed E-state index contributed by atoms with van der Waals surface area (Å²) in [7, 11) is 0. The predicted molar refractivity (Wildman–Crippen MR) is 92.0 cm³/mol. The zero-order valence-electron chi connectivity index (χ0n) is 13.6. The lowest BCUT2D eigenvalue weighted by atomic mass is 9.98. The molecule has 0 saturated carbocycles. The minimum Gasteiger partial charge on any atom is -0.356 e. The number of halogens is 2. The Balaban J connectivity index is 1.90. The van der Waals surface area contributed by atoms with Crippen LogP contribution in [-0.4, -0.2) is 45.2 Å². The number of hydrogen-bond acceptors (Lipinski definition) is 4. The average molecular weight is 357 g/mol. The molecular weight excluding hydrogens is 335 g/mol. The summed E-state index contributed by atoms with van der Waals surface area (Å²) < 4.78 is 0. The summed E-state index contributed by atoms with van der Waals surface area (Å²) in [5, 5.41) is 0. The molecule has 3 heterocycles. The first-order valence-corrected chi connectivity index (χ1v) is 9.01. The lowest BCUT2D eigenvalue weighted by molar-refractivity contribution is -0.130. The van der Waals surface area contributed by atoms with E-state index in [0.29, 0.717) is 13.1 Å². The molecule has 0 aromatic carbocycles. The van der Waals surface area contributed by atoms with Crippen molar-refractivity contribution in [2.45, 2.75) is 44.5 Å². The number of aromatic nitrogens is 2. The van der Waals surface area contributed by atoms with Crippen molar-refractivity contribution in [1.82, 2.24) is 14.9 Å². The van der Waals surface area contributed by atoms with Gasteiger partial charge in [0.15, 0.2) is 4.84 Å². The maximum absolute atomic E-state index is 12.1. The summed E-state index contributed by atoms with van der Waals surface area (Å²) in [6, 6.07) is 0. The van der Waals surface area contributed by atoms with Crippen molar-refractivity contribution in [3.05, 3.63) is 17.1 Å². The van der Waals surface area contributed by atoms with Crippen LogP contribution in [-0.2, 0) is 17.8 Å². The normalized spacial score (nSPS) is 19.2. The molecule has 1 amide bonds. The Morgan fingerprint density at radius 3 is 2.57 bits per heavy atom. The molecule has 0 N–H and O–H groups in total. The molecule has 1 aromatic heterocycles. The van der Waals surface area contributed by atoms with Crippen molar-refractivity contribution in [2.75, 3.05) is 24.5 Å². The lowest BCUT2D eigenvalue weighted by Gasteiger charge is -2.36. The van der Waals surface area contributed by atoms with Crippen LogP contribution < -0.4 is 4.90 Å². The van der Waals surface area contributed by atoms with Crippen LogP contribution in [0.25, 0.3) is 0 Å². The van der Waals surface area contributed by atoms with E-state index in [9.17, 15) is 4.79 Å². The molecule has 0 atom stereocenters. The van der Waals surface area contributed by atoms with E-state index in [4.69, 9.17) is 23.2 Å². The third kappa shape index (κ3) is 3.56. The highest BCUT2D eigenvalue weighted by molar-refractivity contribution is 6.53. The van der Waals surface area contributed by atoms with Gasteiger partial charge in [0.2, 0.25) is 0 Å². The van der Waals surface area contributed by atoms with Gasteiger partial charge in [0, 0.05) is 31.6 Å². The topological polar surface area (TPSA) is 49.3 Å². The summed E-state index contributed by atoms with van der Waals surface area (Å²) in [6.07, 6.45) is 3.07. The predicted octanol–water partition coefficient (Wildman–Crippen LogP) is 2.71. The van der Waals surface area contributed by atoms with Gasteiger partial charge < -0.3 is 9.80 Å². The maximum atomic E-state index is 12.1. The van der Waals surface area contributed by atoms with E-state index in [1.54, 1.807) is 4.90 Å². The van der Waals surface area contributed by atoms with Gasteiger partial charge in [-0.05, 0) is 25.7 Å². The molecule has 0 spiro atoms. The summed E-state index contributed by atoms with van der Waals surface area (Å²) in [6.45, 7) is 7.33. The summed E-state index contributed by atoms with van der Waals surface area (Å²) >= 11 is 11.5. The zero-order chi connectivity index (χ0) is 16.6. The first-order chi connectivity index (χ1) is 11.0. The van der Waals surface area contributed by atoms with Gasteiger partial charge in [-0.25, -0.2) is 9.97 Å². The quantitative estimate of drug-likeness (QED) is 0.764. The fourth-order valence-corrected chi connectivity index (χ4v) is 3.60. The molecule has 3 rings (SSSR count). The molecular formula is C16H22Cl2N4O. The fraction of sp³-hybridized carbons (Fsp3) is 0.688. The Morgan fingerprint density at radius 1 is 1.22 bits per heavy atom. The van der Waals surface area contributed by atoms with Crippen LogP contribution in [0.3, 0.4) is 0 Å². The molecule has 0 bridgehead atoms. The highest BCUT2D eigenvalue weighted by Crippen LogP contribution is 2.30. The van der Waals surface area contributed by atoms with Crippen LogP contribution in [0.5, 0.6) is 0 Å². The fourth-order valence-electron chi connectivity index (χ4n) is 3.33. The molecule has 1 saturated heterocycles. The third-order valence-electron chi connectivity index (χ3n) is 4.73. The van der Waals surface area contributed by atoms with Crippen molar-refractivity contribution in [1.29, 1.82) is 0 Å². The number of carbonyl (C=O) groups is 1. The molecule has 1 fully saturated rings. The molecule has 23 heavy (non-hydrogen) atoms. The molecule has 7 heteroatoms. The highest BCUT2D eigenvalue weighted by Gasteiger charge is 2.30. The number of carbonyl (C=O) groups excluding carboxylic acids is 1. The molecule has 1 aromatic rings. The van der Waals surface area contributed by atoms with E-state index in [1.165, 1.54) is 12.8 Å². The van der Waals surface area contributed by atoms with Crippen LogP contribution in [0.2, 0.25) is 0 Å². The average Bonchev–Trinajstić information content (AvgIpc) is 2.53. The largest absolute Gasteiger partial charge is 0.356 e. The van der Waals surface area contributed by atoms with Crippen LogP contribution in [0.15, 0.2) is 0 Å². The van der Waals surface area contributed by atoms with Gasteiger partial charge in [-0.3, -0.25) is 4.79 Å². The van der Waals surface area contributed by atoms with E-state index in [2.05, 4.69) is 21.8 Å².